The first-order valence-electron chi connectivity index (χ1n) is 41.2. The van der Waals surface area contributed by atoms with E-state index in [1.54, 1.807) is 0 Å². The second-order valence-electron chi connectivity index (χ2n) is 37.3. The summed E-state index contributed by atoms with van der Waals surface area (Å²) in [5, 5.41) is 7.89. The van der Waals surface area contributed by atoms with Gasteiger partial charge in [0, 0.05) is 61.5 Å². The molecule has 3 nitrogen and oxygen atoms in total. The van der Waals surface area contributed by atoms with Gasteiger partial charge in [-0.25, -0.2) is 0 Å². The highest BCUT2D eigenvalue weighted by Gasteiger charge is 2.48. The van der Waals surface area contributed by atoms with Crippen molar-refractivity contribution in [3.8, 4) is 61.3 Å². The second-order valence-corrected chi connectivity index (χ2v) is 41.1. The highest BCUT2D eigenvalue weighted by molar-refractivity contribution is 7.20. The molecule has 564 valence electrons. The minimum Gasteiger partial charge on any atom is -0.310 e. The lowest BCUT2D eigenvalue weighted by Gasteiger charge is -2.47. The summed E-state index contributed by atoms with van der Waals surface area (Å²) in [6.07, 6.45) is 0. The number of anilines is 6. The lowest BCUT2D eigenvalue weighted by molar-refractivity contribution is 0.590. The zero-order valence-corrected chi connectivity index (χ0v) is 70.3. The molecule has 0 radical (unpaired) electrons. The van der Waals surface area contributed by atoms with Crippen LogP contribution in [0.2, 0.25) is 0 Å². The summed E-state index contributed by atoms with van der Waals surface area (Å²) in [5.74, 6) is 0. The summed E-state index contributed by atoms with van der Waals surface area (Å²) in [6.45, 7) is 35.2. The topological polar surface area (TPSA) is 11.4 Å². The predicted molar refractivity (Wildman–Crippen MR) is 499 cm³/mol. The molecule has 16 aromatic rings. The molecule has 5 heteroatoms. The molecular weight excluding hydrogens is 1400 g/mol. The van der Waals surface area contributed by atoms with Gasteiger partial charge in [0.15, 0.2) is 8.07 Å². The van der Waals surface area contributed by atoms with E-state index in [1.807, 2.05) is 0 Å². The molecule has 0 atom stereocenters. The molecule has 0 amide bonds. The number of nitrogens with zero attached hydrogens (tertiary/aromatic N) is 3. The van der Waals surface area contributed by atoms with Gasteiger partial charge < -0.3 is 14.4 Å². The van der Waals surface area contributed by atoms with Crippen LogP contribution in [0.25, 0.3) is 83.1 Å². The first-order valence-corrected chi connectivity index (χ1v) is 43.2. The molecule has 0 saturated carbocycles. The molecule has 3 heterocycles. The van der Waals surface area contributed by atoms with Gasteiger partial charge in [-0.15, -0.1) is 0 Å². The molecule has 0 spiro atoms. The van der Waals surface area contributed by atoms with E-state index >= 15 is 0 Å². The Morgan fingerprint density at radius 3 is 0.957 bits per heavy atom. The SMILES string of the molecule is CC(C)(C)c1cc(-c2ccccc2)c(N2c3ccc(-c4cccc([Si](c5ccccc5)(c5ccccc5)c5ccccc5)c4)cc3B3c4ccc(-n5c6ccc(C(C)(C)C)cc6c6cc(C(C)(C)C)ccc65)cc4N(c4c(-c5ccccc5)cc(C(C)(C)C)cc4-c4ccccc4)c4cc(C(C)(C)C)cc2c43)c(-c2ccccc2)c1. The van der Waals surface area contributed by atoms with Crippen LogP contribution in [-0.4, -0.2) is 19.4 Å². The van der Waals surface area contributed by atoms with Gasteiger partial charge in [-0.2, -0.15) is 0 Å². The Hall–Kier alpha value is -12.0. The molecule has 0 fully saturated rings. The van der Waals surface area contributed by atoms with E-state index in [1.165, 1.54) is 115 Å². The molecule has 0 unspecified atom stereocenters. The number of fused-ring (bicyclic) bond motifs is 7. The number of benzene rings is 15. The van der Waals surface area contributed by atoms with E-state index in [9.17, 15) is 0 Å². The van der Waals surface area contributed by atoms with Gasteiger partial charge in [0.25, 0.3) is 6.71 Å². The number of hydrogen-bond acceptors (Lipinski definition) is 2. The molecule has 2 aliphatic rings. The predicted octanol–water partition coefficient (Wildman–Crippen LogP) is 25.1. The van der Waals surface area contributed by atoms with Crippen LogP contribution < -0.4 is 46.9 Å². The Balaban J connectivity index is 1.01. The van der Waals surface area contributed by atoms with Crippen molar-refractivity contribution < 1.29 is 0 Å². The number of aromatic nitrogens is 1. The molecule has 1 aromatic heterocycles. The smallest absolute Gasteiger partial charge is 0.252 e. The standard InChI is InChI=1S/C110H102BN3Si/c1-106(2,3)79-55-60-97-93(64-79)94-65-80(107(4,5)6)56-61-98(94)112(97)84-57-58-95-100(72-84)114(105-91(75-42-27-18-28-43-75)68-82(109(10,11)12)69-92(105)76-44-29-19-30-45-76)102-71-83(110(13,14)15)70-101-103(102)111(95)96-63-78(77-46-37-53-88(62-77)115(85-47-31-20-32-48-85,86-49-33-21-34-50-86)87-51-35-22-36-52-87)54-59-99(96)113(101)104-89(73-38-23-16-24-39-73)66-81(108(7,8)9)67-90(104)74-40-25-17-26-41-74/h16-72H,1-15H3. The highest BCUT2D eigenvalue weighted by atomic mass is 28.3. The Morgan fingerprint density at radius 1 is 0.235 bits per heavy atom. The van der Waals surface area contributed by atoms with Crippen molar-refractivity contribution in [1.29, 1.82) is 0 Å². The fraction of sp³-hybridized carbons (Fsp3) is 0.182. The van der Waals surface area contributed by atoms with Crippen LogP contribution in [0.15, 0.2) is 346 Å². The van der Waals surface area contributed by atoms with Gasteiger partial charge in [-0.1, -0.05) is 371 Å². The summed E-state index contributed by atoms with van der Waals surface area (Å²) < 4.78 is 2.58. The zero-order chi connectivity index (χ0) is 79.7. The monoisotopic (exact) mass is 1500 g/mol. The second kappa shape index (κ2) is 28.2. The maximum atomic E-state index is 2.76. The maximum Gasteiger partial charge on any atom is 0.252 e. The van der Waals surface area contributed by atoms with Crippen molar-refractivity contribution in [3.05, 3.63) is 374 Å². The molecule has 0 saturated heterocycles. The summed E-state index contributed by atoms with van der Waals surface area (Å²) in [7, 11) is -2.99. The Kier molecular flexibility index (Phi) is 18.3. The fourth-order valence-corrected chi connectivity index (χ4v) is 23.2. The highest BCUT2D eigenvalue weighted by Crippen LogP contribution is 2.56. The van der Waals surface area contributed by atoms with E-state index < -0.39 is 8.07 Å². The minimum atomic E-state index is -2.99. The molecule has 15 aromatic carbocycles. The average molecular weight is 1500 g/mol. The minimum absolute atomic E-state index is 0.0698. The van der Waals surface area contributed by atoms with Crippen LogP contribution in [0.5, 0.6) is 0 Å². The lowest BCUT2D eigenvalue weighted by Crippen LogP contribution is -2.74. The van der Waals surface area contributed by atoms with Gasteiger partial charge in [-0.3, -0.25) is 0 Å². The molecule has 0 aliphatic carbocycles. The van der Waals surface area contributed by atoms with Crippen LogP contribution in [0.1, 0.15) is 132 Å². The lowest BCUT2D eigenvalue weighted by atomic mass is 9.33. The van der Waals surface area contributed by atoms with Crippen molar-refractivity contribution in [2.75, 3.05) is 9.80 Å². The number of rotatable bonds is 12. The van der Waals surface area contributed by atoms with Gasteiger partial charge in [0.1, 0.15) is 0 Å². The van der Waals surface area contributed by atoms with Crippen molar-refractivity contribution in [1.82, 2.24) is 4.57 Å². The molecule has 0 bridgehead atoms. The van der Waals surface area contributed by atoms with Crippen molar-refractivity contribution in [3.63, 3.8) is 0 Å². The molecule has 2 aliphatic heterocycles. The quantitative estimate of drug-likeness (QED) is 0.0892. The van der Waals surface area contributed by atoms with Crippen LogP contribution in [0.3, 0.4) is 0 Å². The molecule has 18 rings (SSSR count). The van der Waals surface area contributed by atoms with E-state index in [2.05, 4.69) is 464 Å². The molecular formula is C110H102BN3Si. The summed E-state index contributed by atoms with van der Waals surface area (Å²) in [5.41, 5.74) is 31.3. The third-order valence-corrected chi connectivity index (χ3v) is 29.4. The Bertz CT molecular complexity index is 6100. The van der Waals surface area contributed by atoms with Crippen molar-refractivity contribution >= 4 is 108 Å². The summed E-state index contributed by atoms with van der Waals surface area (Å²) in [4.78, 5) is 5.50. The van der Waals surface area contributed by atoms with Gasteiger partial charge in [0.2, 0.25) is 0 Å². The average Bonchev–Trinajstić information content (AvgIpc) is 0.808. The normalized spacial score (nSPS) is 13.1. The van der Waals surface area contributed by atoms with Crippen molar-refractivity contribution in [2.45, 2.75) is 131 Å². The van der Waals surface area contributed by atoms with E-state index in [-0.39, 0.29) is 33.8 Å². The van der Waals surface area contributed by atoms with Crippen molar-refractivity contribution in [2.24, 2.45) is 0 Å². The Labute approximate surface area is 683 Å². The number of hydrogen-bond donors (Lipinski definition) is 0. The van der Waals surface area contributed by atoms with Gasteiger partial charge in [0.05, 0.1) is 22.4 Å². The zero-order valence-electron chi connectivity index (χ0n) is 69.3. The third-order valence-electron chi connectivity index (χ3n) is 24.7. The maximum absolute atomic E-state index is 2.99. The van der Waals surface area contributed by atoms with Gasteiger partial charge in [-0.05, 0) is 204 Å². The van der Waals surface area contributed by atoms with Crippen LogP contribution >= 0.6 is 0 Å². The third kappa shape index (κ3) is 13.0. The van der Waals surface area contributed by atoms with Crippen LogP contribution in [-0.2, 0) is 27.1 Å². The largest absolute Gasteiger partial charge is 0.310 e. The Morgan fingerprint density at radius 2 is 0.574 bits per heavy atom. The van der Waals surface area contributed by atoms with E-state index in [0.29, 0.717) is 0 Å². The van der Waals surface area contributed by atoms with E-state index in [0.717, 1.165) is 67.6 Å². The molecule has 115 heavy (non-hydrogen) atoms. The van der Waals surface area contributed by atoms with Crippen LogP contribution in [0, 0.1) is 0 Å². The molecule has 0 N–H and O–H groups in total. The van der Waals surface area contributed by atoms with Gasteiger partial charge >= 0.3 is 0 Å². The fourth-order valence-electron chi connectivity index (χ4n) is 18.4. The van der Waals surface area contributed by atoms with Crippen LogP contribution in [0.4, 0.5) is 34.1 Å². The summed E-state index contributed by atoms with van der Waals surface area (Å²) in [6, 6.07) is 134. The summed E-state index contributed by atoms with van der Waals surface area (Å²) >= 11 is 0. The first kappa shape index (κ1) is 74.4. The van der Waals surface area contributed by atoms with E-state index in [4.69, 9.17) is 0 Å². The first-order chi connectivity index (χ1) is 55.2.